The Morgan fingerprint density at radius 2 is 1.77 bits per heavy atom. The van der Waals surface area contributed by atoms with Crippen molar-refractivity contribution in [3.8, 4) is 11.5 Å². The Morgan fingerprint density at radius 1 is 1.03 bits per heavy atom. The molecule has 7 nitrogen and oxygen atoms in total. The van der Waals surface area contributed by atoms with E-state index in [9.17, 15) is 13.2 Å². The van der Waals surface area contributed by atoms with Gasteiger partial charge in [0.25, 0.3) is 0 Å². The molecule has 0 unspecified atom stereocenters. The molecule has 0 fully saturated rings. The molecule has 0 aliphatic heterocycles. The summed E-state index contributed by atoms with van der Waals surface area (Å²) in [7, 11) is -2.44. The third-order valence-electron chi connectivity index (χ3n) is 4.32. The van der Waals surface area contributed by atoms with Gasteiger partial charge in [0.1, 0.15) is 10.6 Å². The van der Waals surface area contributed by atoms with Gasteiger partial charge in [-0.3, -0.25) is 4.79 Å². The molecule has 0 aromatic heterocycles. The van der Waals surface area contributed by atoms with Crippen molar-refractivity contribution in [1.29, 1.82) is 0 Å². The Morgan fingerprint density at radius 3 is 2.52 bits per heavy atom. The molecule has 3 rings (SSSR count). The number of hydrogen-bond acceptors (Lipinski definition) is 6. The van der Waals surface area contributed by atoms with Gasteiger partial charge in [-0.05, 0) is 48.9 Å². The first-order chi connectivity index (χ1) is 14.9. The lowest BCUT2D eigenvalue weighted by atomic mass is 10.1. The molecule has 3 aromatic rings. The van der Waals surface area contributed by atoms with Crippen LogP contribution in [0.4, 0.5) is 0 Å². The molecule has 0 aliphatic carbocycles. The minimum absolute atomic E-state index is 0.0523. The standard InChI is InChI=1S/C23H22N2O5S/c1-17-10-12-21(13-11-17)31(27,28)30-22-9-4-3-7-19(22)16-24-25-23(26)15-18-6-5-8-20(14-18)29-2/h3-14,16H,15H2,1-2H3,(H,25,26). The smallest absolute Gasteiger partial charge is 0.339 e. The van der Waals surface area contributed by atoms with Crippen LogP contribution in [0.15, 0.2) is 82.8 Å². The summed E-state index contributed by atoms with van der Waals surface area (Å²) < 4.78 is 35.5. The highest BCUT2D eigenvalue weighted by Crippen LogP contribution is 2.22. The molecule has 1 N–H and O–H groups in total. The van der Waals surface area contributed by atoms with Crippen LogP contribution in [0.2, 0.25) is 0 Å². The summed E-state index contributed by atoms with van der Waals surface area (Å²) in [5, 5.41) is 3.92. The highest BCUT2D eigenvalue weighted by Gasteiger charge is 2.17. The molecule has 0 aliphatic rings. The fraction of sp³-hybridized carbons (Fsp3) is 0.130. The molecule has 0 atom stereocenters. The van der Waals surface area contributed by atoms with Crippen molar-refractivity contribution in [2.75, 3.05) is 7.11 Å². The largest absolute Gasteiger partial charge is 0.497 e. The summed E-state index contributed by atoms with van der Waals surface area (Å²) in [6, 6.07) is 20.1. The van der Waals surface area contributed by atoms with Gasteiger partial charge in [0.2, 0.25) is 5.91 Å². The summed E-state index contributed by atoms with van der Waals surface area (Å²) in [5.41, 5.74) is 4.55. The zero-order chi connectivity index (χ0) is 22.3. The molecule has 0 radical (unpaired) electrons. The van der Waals surface area contributed by atoms with Crippen molar-refractivity contribution >= 4 is 22.2 Å². The maximum Gasteiger partial charge on any atom is 0.339 e. The van der Waals surface area contributed by atoms with Crippen molar-refractivity contribution < 1.29 is 22.1 Å². The third-order valence-corrected chi connectivity index (χ3v) is 5.57. The number of methoxy groups -OCH3 is 1. The fourth-order valence-electron chi connectivity index (χ4n) is 2.72. The summed E-state index contributed by atoms with van der Waals surface area (Å²) in [5.74, 6) is 0.443. The lowest BCUT2D eigenvalue weighted by molar-refractivity contribution is -0.120. The van der Waals surface area contributed by atoms with Crippen LogP contribution in [-0.2, 0) is 21.3 Å². The topological polar surface area (TPSA) is 94.1 Å². The number of hydrogen-bond donors (Lipinski definition) is 1. The van der Waals surface area contributed by atoms with Crippen LogP contribution in [0.25, 0.3) is 0 Å². The Hall–Kier alpha value is -3.65. The van der Waals surface area contributed by atoms with Gasteiger partial charge >= 0.3 is 10.1 Å². The van der Waals surface area contributed by atoms with Gasteiger partial charge in [-0.15, -0.1) is 0 Å². The van der Waals surface area contributed by atoms with Gasteiger partial charge in [0.05, 0.1) is 19.7 Å². The van der Waals surface area contributed by atoms with Crippen molar-refractivity contribution in [2.24, 2.45) is 5.10 Å². The van der Waals surface area contributed by atoms with Gasteiger partial charge in [0, 0.05) is 5.56 Å². The number of rotatable bonds is 8. The first-order valence-electron chi connectivity index (χ1n) is 9.42. The van der Waals surface area contributed by atoms with E-state index in [1.165, 1.54) is 24.4 Å². The second-order valence-corrected chi connectivity index (χ2v) is 8.26. The summed E-state index contributed by atoms with van der Waals surface area (Å²) >= 11 is 0. The van der Waals surface area contributed by atoms with Gasteiger partial charge < -0.3 is 8.92 Å². The number of hydrazone groups is 1. The average molecular weight is 439 g/mol. The van der Waals surface area contributed by atoms with Crippen molar-refractivity contribution in [2.45, 2.75) is 18.2 Å². The van der Waals surface area contributed by atoms with Crippen LogP contribution < -0.4 is 14.3 Å². The molecule has 1 amide bonds. The van der Waals surface area contributed by atoms with Gasteiger partial charge in [0.15, 0.2) is 5.75 Å². The number of carbonyl (C=O) groups is 1. The van der Waals surface area contributed by atoms with Crippen molar-refractivity contribution in [3.05, 3.63) is 89.5 Å². The molecule has 0 saturated heterocycles. The Balaban J connectivity index is 1.68. The van der Waals surface area contributed by atoms with Crippen molar-refractivity contribution in [3.63, 3.8) is 0 Å². The fourth-order valence-corrected chi connectivity index (χ4v) is 3.67. The first kappa shape index (κ1) is 22.0. The Labute approximate surface area is 181 Å². The van der Waals surface area contributed by atoms with Crippen LogP contribution in [0.3, 0.4) is 0 Å². The number of para-hydroxylation sites is 1. The molecule has 0 bridgehead atoms. The first-order valence-corrected chi connectivity index (χ1v) is 10.8. The predicted molar refractivity (Wildman–Crippen MR) is 118 cm³/mol. The number of benzene rings is 3. The monoisotopic (exact) mass is 438 g/mol. The van der Waals surface area contributed by atoms with E-state index in [0.717, 1.165) is 11.1 Å². The highest BCUT2D eigenvalue weighted by molar-refractivity contribution is 7.87. The van der Waals surface area contributed by atoms with Gasteiger partial charge in [-0.25, -0.2) is 5.43 Å². The summed E-state index contributed by atoms with van der Waals surface area (Å²) in [4.78, 5) is 12.2. The lowest BCUT2D eigenvalue weighted by Gasteiger charge is -2.09. The van der Waals surface area contributed by atoms with Crippen LogP contribution in [0.5, 0.6) is 11.5 Å². The second kappa shape index (κ2) is 9.90. The highest BCUT2D eigenvalue weighted by atomic mass is 32.2. The van der Waals surface area contributed by atoms with Crippen LogP contribution in [-0.4, -0.2) is 27.6 Å². The Bertz CT molecular complexity index is 1190. The van der Waals surface area contributed by atoms with Crippen LogP contribution in [0.1, 0.15) is 16.7 Å². The lowest BCUT2D eigenvalue weighted by Crippen LogP contribution is -2.20. The van der Waals surface area contributed by atoms with Crippen molar-refractivity contribution in [1.82, 2.24) is 5.43 Å². The molecule has 0 heterocycles. The van der Waals surface area contributed by atoms with Crippen LogP contribution >= 0.6 is 0 Å². The van der Waals surface area contributed by atoms with Crippen LogP contribution in [0, 0.1) is 6.92 Å². The number of nitrogens with zero attached hydrogens (tertiary/aromatic N) is 1. The van der Waals surface area contributed by atoms with E-state index < -0.39 is 10.1 Å². The summed E-state index contributed by atoms with van der Waals surface area (Å²) in [6.45, 7) is 1.87. The van der Waals surface area contributed by atoms with E-state index in [2.05, 4.69) is 10.5 Å². The maximum absolute atomic E-state index is 12.6. The number of ether oxygens (including phenoxy) is 1. The minimum atomic E-state index is -4.00. The Kier molecular flexibility index (Phi) is 7.04. The van der Waals surface area contributed by atoms with E-state index in [0.29, 0.717) is 11.3 Å². The molecule has 160 valence electrons. The maximum atomic E-state index is 12.6. The number of nitrogens with one attached hydrogen (secondary N) is 1. The zero-order valence-corrected chi connectivity index (χ0v) is 17.9. The van der Waals surface area contributed by atoms with E-state index in [1.54, 1.807) is 55.6 Å². The van der Waals surface area contributed by atoms with E-state index in [-0.39, 0.29) is 23.0 Å². The quantitative estimate of drug-likeness (QED) is 0.330. The molecular formula is C23H22N2O5S. The normalized spacial score (nSPS) is 11.3. The van der Waals surface area contributed by atoms with Gasteiger partial charge in [-0.2, -0.15) is 13.5 Å². The SMILES string of the molecule is COc1cccc(CC(=O)NN=Cc2ccccc2OS(=O)(=O)c2ccc(C)cc2)c1. The number of carbonyl (C=O) groups excluding carboxylic acids is 1. The summed E-state index contributed by atoms with van der Waals surface area (Å²) in [6.07, 6.45) is 1.46. The number of amides is 1. The molecule has 3 aromatic carbocycles. The van der Waals surface area contributed by atoms with E-state index in [4.69, 9.17) is 8.92 Å². The molecular weight excluding hydrogens is 416 g/mol. The van der Waals surface area contributed by atoms with E-state index >= 15 is 0 Å². The second-order valence-electron chi connectivity index (χ2n) is 6.71. The average Bonchev–Trinajstić information content (AvgIpc) is 2.75. The molecule has 8 heteroatoms. The number of aryl methyl sites for hydroxylation is 1. The molecule has 0 spiro atoms. The van der Waals surface area contributed by atoms with E-state index in [1.807, 2.05) is 13.0 Å². The zero-order valence-electron chi connectivity index (χ0n) is 17.1. The minimum Gasteiger partial charge on any atom is -0.497 e. The van der Waals surface area contributed by atoms with Gasteiger partial charge in [-0.1, -0.05) is 42.0 Å². The predicted octanol–water partition coefficient (Wildman–Crippen LogP) is 3.46. The molecule has 0 saturated carbocycles. The molecule has 31 heavy (non-hydrogen) atoms. The third kappa shape index (κ3) is 6.16.